The van der Waals surface area contributed by atoms with E-state index in [4.69, 9.17) is 14.0 Å². The molecule has 174 valence electrons. The SMILES string of the molecule is CC[C@H](C)N(CCc1nc(-c2cc(OC)cc(OC)c2)no1)C(=O)c1cccc([N+](=O)[O-])c1. The van der Waals surface area contributed by atoms with Crippen molar-refractivity contribution in [2.24, 2.45) is 0 Å². The van der Waals surface area contributed by atoms with Crippen LogP contribution in [0.3, 0.4) is 0 Å². The van der Waals surface area contributed by atoms with Crippen molar-refractivity contribution < 1.29 is 23.7 Å². The van der Waals surface area contributed by atoms with Crippen LogP contribution in [0.15, 0.2) is 47.0 Å². The second-order valence-corrected chi connectivity index (χ2v) is 7.43. The first-order valence-electron chi connectivity index (χ1n) is 10.5. The number of methoxy groups -OCH3 is 2. The summed E-state index contributed by atoms with van der Waals surface area (Å²) in [5.74, 6) is 1.65. The Morgan fingerprint density at radius 2 is 1.88 bits per heavy atom. The molecule has 1 heterocycles. The lowest BCUT2D eigenvalue weighted by atomic mass is 10.1. The molecule has 0 aliphatic rings. The summed E-state index contributed by atoms with van der Waals surface area (Å²) in [6, 6.07) is 10.9. The van der Waals surface area contributed by atoms with Gasteiger partial charge >= 0.3 is 0 Å². The highest BCUT2D eigenvalue weighted by Gasteiger charge is 2.23. The molecule has 0 unspecified atom stereocenters. The van der Waals surface area contributed by atoms with Gasteiger partial charge in [0.2, 0.25) is 11.7 Å². The lowest BCUT2D eigenvalue weighted by Gasteiger charge is -2.28. The highest BCUT2D eigenvalue weighted by molar-refractivity contribution is 5.95. The molecule has 3 aromatic rings. The van der Waals surface area contributed by atoms with Gasteiger partial charge in [-0.1, -0.05) is 18.1 Å². The maximum atomic E-state index is 13.1. The lowest BCUT2D eigenvalue weighted by molar-refractivity contribution is -0.384. The van der Waals surface area contributed by atoms with Gasteiger partial charge in [0.05, 0.1) is 19.1 Å². The number of ether oxygens (including phenoxy) is 2. The number of nitrogens with zero attached hydrogens (tertiary/aromatic N) is 4. The van der Waals surface area contributed by atoms with Crippen molar-refractivity contribution in [3.8, 4) is 22.9 Å². The number of non-ortho nitro benzene ring substituents is 1. The Hall–Kier alpha value is -3.95. The third kappa shape index (κ3) is 5.65. The summed E-state index contributed by atoms with van der Waals surface area (Å²) < 4.78 is 16.0. The predicted octanol–water partition coefficient (Wildman–Crippen LogP) is 4.15. The van der Waals surface area contributed by atoms with Crippen molar-refractivity contribution in [1.82, 2.24) is 15.0 Å². The van der Waals surface area contributed by atoms with Crippen molar-refractivity contribution in [2.75, 3.05) is 20.8 Å². The van der Waals surface area contributed by atoms with Crippen LogP contribution in [0.2, 0.25) is 0 Å². The Morgan fingerprint density at radius 3 is 2.48 bits per heavy atom. The van der Waals surface area contributed by atoms with Crippen LogP contribution in [0.4, 0.5) is 5.69 Å². The largest absolute Gasteiger partial charge is 0.497 e. The smallest absolute Gasteiger partial charge is 0.270 e. The minimum atomic E-state index is -0.516. The summed E-state index contributed by atoms with van der Waals surface area (Å²) in [6.07, 6.45) is 1.05. The van der Waals surface area contributed by atoms with Crippen molar-refractivity contribution in [2.45, 2.75) is 32.7 Å². The number of hydrogen-bond donors (Lipinski definition) is 0. The van der Waals surface area contributed by atoms with Crippen LogP contribution in [0.1, 0.15) is 36.5 Å². The number of carbonyl (C=O) groups is 1. The normalized spacial score (nSPS) is 11.6. The van der Waals surface area contributed by atoms with E-state index in [0.29, 0.717) is 41.7 Å². The zero-order valence-electron chi connectivity index (χ0n) is 19.0. The number of aromatic nitrogens is 2. The summed E-state index contributed by atoms with van der Waals surface area (Å²) in [7, 11) is 3.12. The molecule has 0 radical (unpaired) electrons. The van der Waals surface area contributed by atoms with Crippen molar-refractivity contribution in [3.05, 3.63) is 64.0 Å². The van der Waals surface area contributed by atoms with E-state index < -0.39 is 4.92 Å². The van der Waals surface area contributed by atoms with E-state index in [9.17, 15) is 14.9 Å². The Bertz CT molecular complexity index is 1110. The standard InChI is InChI=1S/C23H26N4O6/c1-5-15(2)26(23(28)16-7-6-8-18(11-16)27(29)30)10-9-21-24-22(25-33-21)17-12-19(31-3)14-20(13-17)32-4/h6-8,11-15H,5,9-10H2,1-4H3/t15-/m0/s1. The topological polar surface area (TPSA) is 121 Å². The van der Waals surface area contributed by atoms with E-state index in [-0.39, 0.29) is 23.2 Å². The van der Waals surface area contributed by atoms with Crippen LogP contribution in [0.25, 0.3) is 11.4 Å². The third-order valence-corrected chi connectivity index (χ3v) is 5.33. The van der Waals surface area contributed by atoms with Crippen LogP contribution in [0.5, 0.6) is 11.5 Å². The van der Waals surface area contributed by atoms with Gasteiger partial charge in [-0.15, -0.1) is 0 Å². The fourth-order valence-corrected chi connectivity index (χ4v) is 3.29. The summed E-state index contributed by atoms with van der Waals surface area (Å²) in [6.45, 7) is 4.22. The Labute approximate surface area is 191 Å². The second kappa shape index (κ2) is 10.6. The fraction of sp³-hybridized carbons (Fsp3) is 0.348. The number of benzene rings is 2. The molecule has 0 N–H and O–H groups in total. The summed E-state index contributed by atoms with van der Waals surface area (Å²) >= 11 is 0. The molecular weight excluding hydrogens is 428 g/mol. The molecule has 2 aromatic carbocycles. The van der Waals surface area contributed by atoms with E-state index in [0.717, 1.165) is 6.42 Å². The zero-order valence-corrected chi connectivity index (χ0v) is 19.0. The van der Waals surface area contributed by atoms with Gasteiger partial charge in [-0.3, -0.25) is 14.9 Å². The van der Waals surface area contributed by atoms with Gasteiger partial charge < -0.3 is 18.9 Å². The highest BCUT2D eigenvalue weighted by Crippen LogP contribution is 2.28. The number of hydrogen-bond acceptors (Lipinski definition) is 8. The molecule has 1 aromatic heterocycles. The molecule has 3 rings (SSSR count). The first kappa shape index (κ1) is 23.7. The monoisotopic (exact) mass is 454 g/mol. The molecule has 1 amide bonds. The molecule has 10 nitrogen and oxygen atoms in total. The van der Waals surface area contributed by atoms with E-state index in [1.807, 2.05) is 13.8 Å². The minimum Gasteiger partial charge on any atom is -0.497 e. The molecule has 10 heteroatoms. The Balaban J connectivity index is 1.78. The first-order valence-corrected chi connectivity index (χ1v) is 10.5. The van der Waals surface area contributed by atoms with Gasteiger partial charge in [-0.2, -0.15) is 4.98 Å². The maximum Gasteiger partial charge on any atom is 0.270 e. The van der Waals surface area contributed by atoms with E-state index in [2.05, 4.69) is 10.1 Å². The van der Waals surface area contributed by atoms with Crippen molar-refractivity contribution >= 4 is 11.6 Å². The second-order valence-electron chi connectivity index (χ2n) is 7.43. The van der Waals surface area contributed by atoms with Crippen LogP contribution < -0.4 is 9.47 Å². The summed E-state index contributed by atoms with van der Waals surface area (Å²) in [5, 5.41) is 15.1. The summed E-state index contributed by atoms with van der Waals surface area (Å²) in [4.78, 5) is 29.8. The molecule has 0 aliphatic heterocycles. The van der Waals surface area contributed by atoms with Gasteiger partial charge in [0.1, 0.15) is 11.5 Å². The molecular formula is C23H26N4O6. The van der Waals surface area contributed by atoms with Crippen LogP contribution in [0, 0.1) is 10.1 Å². The van der Waals surface area contributed by atoms with Gasteiger partial charge in [0, 0.05) is 48.3 Å². The quantitative estimate of drug-likeness (QED) is 0.331. The van der Waals surface area contributed by atoms with Crippen LogP contribution in [-0.4, -0.2) is 52.7 Å². The molecule has 0 aliphatic carbocycles. The maximum absolute atomic E-state index is 13.1. The Kier molecular flexibility index (Phi) is 7.60. The van der Waals surface area contributed by atoms with Crippen molar-refractivity contribution in [1.29, 1.82) is 0 Å². The first-order chi connectivity index (χ1) is 15.9. The van der Waals surface area contributed by atoms with Gasteiger partial charge in [-0.25, -0.2) is 0 Å². The average molecular weight is 454 g/mol. The average Bonchev–Trinajstić information content (AvgIpc) is 3.32. The van der Waals surface area contributed by atoms with Crippen LogP contribution in [-0.2, 0) is 6.42 Å². The number of carbonyl (C=O) groups excluding carboxylic acids is 1. The molecule has 0 spiro atoms. The molecule has 33 heavy (non-hydrogen) atoms. The molecule has 0 fully saturated rings. The molecule has 0 saturated heterocycles. The van der Waals surface area contributed by atoms with E-state index >= 15 is 0 Å². The Morgan fingerprint density at radius 1 is 1.18 bits per heavy atom. The summed E-state index contributed by atoms with van der Waals surface area (Å²) in [5.41, 5.74) is 0.812. The van der Waals surface area contributed by atoms with Crippen molar-refractivity contribution in [3.63, 3.8) is 0 Å². The lowest BCUT2D eigenvalue weighted by Crippen LogP contribution is -2.39. The van der Waals surface area contributed by atoms with Crippen LogP contribution >= 0.6 is 0 Å². The van der Waals surface area contributed by atoms with Gasteiger partial charge in [0.15, 0.2) is 0 Å². The predicted molar refractivity (Wildman–Crippen MR) is 120 cm³/mol. The number of rotatable bonds is 10. The number of nitro benzene ring substituents is 1. The molecule has 1 atom stereocenters. The zero-order chi connectivity index (χ0) is 24.0. The minimum absolute atomic E-state index is 0.0817. The van der Waals surface area contributed by atoms with E-state index in [1.165, 1.54) is 18.2 Å². The third-order valence-electron chi connectivity index (χ3n) is 5.33. The van der Waals surface area contributed by atoms with E-state index in [1.54, 1.807) is 43.4 Å². The number of nitro groups is 1. The highest BCUT2D eigenvalue weighted by atomic mass is 16.6. The van der Waals surface area contributed by atoms with Gasteiger partial charge in [-0.05, 0) is 31.5 Å². The van der Waals surface area contributed by atoms with Gasteiger partial charge in [0.25, 0.3) is 11.6 Å². The molecule has 0 bridgehead atoms. The number of amides is 1. The molecule has 0 saturated carbocycles. The fourth-order valence-electron chi connectivity index (χ4n) is 3.29.